The van der Waals surface area contributed by atoms with Crippen molar-refractivity contribution in [3.63, 3.8) is 0 Å². The summed E-state index contributed by atoms with van der Waals surface area (Å²) < 4.78 is 5.43. The molecule has 0 atom stereocenters. The Kier molecular flexibility index (Phi) is 2.56. The van der Waals surface area contributed by atoms with Crippen LogP contribution >= 0.6 is 0 Å². The molecule has 0 saturated heterocycles. The van der Waals surface area contributed by atoms with Crippen LogP contribution in [0.1, 0.15) is 16.9 Å². The Morgan fingerprint density at radius 1 is 1.31 bits per heavy atom. The van der Waals surface area contributed by atoms with Crippen LogP contribution in [0.2, 0.25) is 0 Å². The lowest BCUT2D eigenvalue weighted by molar-refractivity contribution is 0.547. The molecule has 2 aromatic rings. The van der Waals surface area contributed by atoms with Crippen molar-refractivity contribution < 1.29 is 4.42 Å². The number of aromatic nitrogens is 2. The largest absolute Gasteiger partial charge is 0.444 e. The molecule has 5 nitrogen and oxygen atoms in total. The van der Waals surface area contributed by atoms with Gasteiger partial charge in [0, 0.05) is 18.0 Å². The van der Waals surface area contributed by atoms with Crippen molar-refractivity contribution in [2.45, 2.75) is 13.8 Å². The second kappa shape index (κ2) is 4.03. The van der Waals surface area contributed by atoms with Gasteiger partial charge < -0.3 is 4.42 Å². The Labute approximate surface area is 92.8 Å². The lowest BCUT2D eigenvalue weighted by Gasteiger charge is -1.99. The smallest absolute Gasteiger partial charge is 0.229 e. The minimum Gasteiger partial charge on any atom is -0.444 e. The number of nitrogens with one attached hydrogen (secondary N) is 1. The summed E-state index contributed by atoms with van der Waals surface area (Å²) in [6.45, 7) is 3.65. The lowest BCUT2D eigenvalue weighted by atomic mass is 10.2. The number of aryl methyl sites for hydroxylation is 1. The first-order chi connectivity index (χ1) is 7.72. The Bertz CT molecular complexity index is 539. The standard InChI is InChI=1S/C11H10N4O/c1-7-8(2)16-10(9(7)6-12)15-11-13-4-3-5-14-11/h3-5H,1-2H3,(H,13,14,15). The van der Waals surface area contributed by atoms with E-state index in [1.54, 1.807) is 18.5 Å². The topological polar surface area (TPSA) is 74.7 Å². The average molecular weight is 214 g/mol. The fraction of sp³-hybridized carbons (Fsp3) is 0.182. The lowest BCUT2D eigenvalue weighted by Crippen LogP contribution is -1.96. The van der Waals surface area contributed by atoms with Crippen LogP contribution in [0.15, 0.2) is 22.9 Å². The minimum atomic E-state index is 0.392. The maximum absolute atomic E-state index is 9.00. The van der Waals surface area contributed by atoms with Crippen LogP contribution in [0.25, 0.3) is 0 Å². The zero-order valence-corrected chi connectivity index (χ0v) is 8.98. The van der Waals surface area contributed by atoms with Gasteiger partial charge in [0.05, 0.1) is 0 Å². The molecule has 0 spiro atoms. The van der Waals surface area contributed by atoms with Gasteiger partial charge in [-0.3, -0.25) is 5.32 Å². The van der Waals surface area contributed by atoms with E-state index < -0.39 is 0 Å². The third-order valence-corrected chi connectivity index (χ3v) is 2.29. The molecule has 2 heterocycles. The highest BCUT2D eigenvalue weighted by Crippen LogP contribution is 2.26. The van der Waals surface area contributed by atoms with Crippen molar-refractivity contribution in [3.05, 3.63) is 35.3 Å². The number of nitriles is 1. The molecule has 2 aromatic heterocycles. The van der Waals surface area contributed by atoms with Gasteiger partial charge in [-0.1, -0.05) is 0 Å². The Morgan fingerprint density at radius 2 is 2.00 bits per heavy atom. The van der Waals surface area contributed by atoms with Crippen LogP contribution in [0.5, 0.6) is 0 Å². The van der Waals surface area contributed by atoms with E-state index in [1.165, 1.54) is 0 Å². The van der Waals surface area contributed by atoms with Gasteiger partial charge in [0.1, 0.15) is 17.4 Å². The molecule has 2 rings (SSSR count). The highest BCUT2D eigenvalue weighted by atomic mass is 16.4. The summed E-state index contributed by atoms with van der Waals surface area (Å²) in [6, 6.07) is 3.81. The number of anilines is 2. The van der Waals surface area contributed by atoms with Crippen molar-refractivity contribution in [2.75, 3.05) is 5.32 Å². The number of hydrogen-bond donors (Lipinski definition) is 1. The average Bonchev–Trinajstić information content (AvgIpc) is 2.56. The normalized spacial score (nSPS) is 9.81. The number of rotatable bonds is 2. The van der Waals surface area contributed by atoms with Crippen LogP contribution in [0.4, 0.5) is 11.8 Å². The van der Waals surface area contributed by atoms with Crippen molar-refractivity contribution in [2.24, 2.45) is 0 Å². The summed E-state index contributed by atoms with van der Waals surface area (Å²) >= 11 is 0. The molecular weight excluding hydrogens is 204 g/mol. The predicted molar refractivity (Wildman–Crippen MR) is 58.2 cm³/mol. The molecule has 0 aliphatic carbocycles. The zero-order chi connectivity index (χ0) is 11.5. The fourth-order valence-corrected chi connectivity index (χ4v) is 1.31. The maximum atomic E-state index is 9.00. The zero-order valence-electron chi connectivity index (χ0n) is 8.98. The number of furan rings is 1. The quantitative estimate of drug-likeness (QED) is 0.830. The van der Waals surface area contributed by atoms with E-state index in [0.717, 1.165) is 11.3 Å². The second-order valence-electron chi connectivity index (χ2n) is 3.30. The highest BCUT2D eigenvalue weighted by Gasteiger charge is 2.14. The molecule has 0 aliphatic rings. The van der Waals surface area contributed by atoms with Gasteiger partial charge in [-0.25, -0.2) is 9.97 Å². The van der Waals surface area contributed by atoms with Crippen molar-refractivity contribution in [3.8, 4) is 6.07 Å². The predicted octanol–water partition coefficient (Wildman–Crippen LogP) is 2.30. The summed E-state index contributed by atoms with van der Waals surface area (Å²) in [5.74, 6) is 1.52. The van der Waals surface area contributed by atoms with Crippen LogP contribution in [0.3, 0.4) is 0 Å². The van der Waals surface area contributed by atoms with E-state index in [-0.39, 0.29) is 0 Å². The first-order valence-corrected chi connectivity index (χ1v) is 4.76. The molecular formula is C11H10N4O. The maximum Gasteiger partial charge on any atom is 0.229 e. The summed E-state index contributed by atoms with van der Waals surface area (Å²) in [5, 5.41) is 11.9. The molecule has 0 bridgehead atoms. The van der Waals surface area contributed by atoms with Gasteiger partial charge in [0.2, 0.25) is 11.8 Å². The second-order valence-corrected chi connectivity index (χ2v) is 3.30. The van der Waals surface area contributed by atoms with Gasteiger partial charge in [-0.15, -0.1) is 0 Å². The van der Waals surface area contributed by atoms with Crippen LogP contribution < -0.4 is 5.32 Å². The Morgan fingerprint density at radius 3 is 2.62 bits per heavy atom. The van der Waals surface area contributed by atoms with Crippen molar-refractivity contribution >= 4 is 11.8 Å². The fourth-order valence-electron chi connectivity index (χ4n) is 1.31. The van der Waals surface area contributed by atoms with Crippen molar-refractivity contribution in [1.29, 1.82) is 5.26 Å². The molecule has 0 fully saturated rings. The molecule has 16 heavy (non-hydrogen) atoms. The Hall–Kier alpha value is -2.35. The van der Waals surface area contributed by atoms with E-state index in [4.69, 9.17) is 9.68 Å². The number of nitrogens with zero attached hydrogens (tertiary/aromatic N) is 3. The van der Waals surface area contributed by atoms with Crippen LogP contribution in [0, 0.1) is 25.2 Å². The number of hydrogen-bond acceptors (Lipinski definition) is 5. The SMILES string of the molecule is Cc1oc(Nc2ncccn2)c(C#N)c1C. The third kappa shape index (κ3) is 1.73. The summed E-state index contributed by atoms with van der Waals surface area (Å²) in [4.78, 5) is 7.99. The van der Waals surface area contributed by atoms with Crippen LogP contribution in [-0.2, 0) is 0 Å². The summed E-state index contributed by atoms with van der Waals surface area (Å²) in [6.07, 6.45) is 3.23. The molecule has 80 valence electrons. The van der Waals surface area contributed by atoms with Gasteiger partial charge in [0.15, 0.2) is 0 Å². The van der Waals surface area contributed by atoms with E-state index in [0.29, 0.717) is 17.4 Å². The van der Waals surface area contributed by atoms with Gasteiger partial charge in [-0.2, -0.15) is 5.26 Å². The molecule has 0 aliphatic heterocycles. The van der Waals surface area contributed by atoms with Gasteiger partial charge >= 0.3 is 0 Å². The molecule has 0 amide bonds. The van der Waals surface area contributed by atoms with E-state index in [2.05, 4.69) is 21.4 Å². The highest BCUT2D eigenvalue weighted by molar-refractivity contribution is 5.60. The van der Waals surface area contributed by atoms with Gasteiger partial charge in [0.25, 0.3) is 0 Å². The molecule has 1 N–H and O–H groups in total. The Balaban J connectivity index is 2.36. The van der Waals surface area contributed by atoms with E-state index in [1.807, 2.05) is 13.8 Å². The molecule has 0 aromatic carbocycles. The molecule has 0 saturated carbocycles. The van der Waals surface area contributed by atoms with E-state index >= 15 is 0 Å². The monoisotopic (exact) mass is 214 g/mol. The minimum absolute atomic E-state index is 0.392. The van der Waals surface area contributed by atoms with Crippen molar-refractivity contribution in [1.82, 2.24) is 9.97 Å². The van der Waals surface area contributed by atoms with Crippen LogP contribution in [-0.4, -0.2) is 9.97 Å². The first kappa shape index (κ1) is 10.2. The first-order valence-electron chi connectivity index (χ1n) is 4.76. The van der Waals surface area contributed by atoms with Gasteiger partial charge in [-0.05, 0) is 19.9 Å². The molecule has 5 heteroatoms. The summed E-state index contributed by atoms with van der Waals surface area (Å²) in [7, 11) is 0. The molecule has 0 unspecified atom stereocenters. The summed E-state index contributed by atoms with van der Waals surface area (Å²) in [5.41, 5.74) is 1.32. The molecule has 0 radical (unpaired) electrons. The van der Waals surface area contributed by atoms with E-state index in [9.17, 15) is 0 Å². The third-order valence-electron chi connectivity index (χ3n) is 2.29.